The number of ketones is 1. The van der Waals surface area contributed by atoms with Crippen molar-refractivity contribution in [3.8, 4) is 5.69 Å². The summed E-state index contributed by atoms with van der Waals surface area (Å²) in [5.74, 6) is 0.0244. The molecule has 1 heterocycles. The average Bonchev–Trinajstić information content (AvgIpc) is 2.77. The van der Waals surface area contributed by atoms with Crippen molar-refractivity contribution in [2.75, 3.05) is 12.3 Å². The molecule has 0 spiro atoms. The minimum Gasteiger partial charge on any atom is -0.383 e. The van der Waals surface area contributed by atoms with Gasteiger partial charge in [0.1, 0.15) is 11.4 Å². The molecule has 0 fully saturated rings. The van der Waals surface area contributed by atoms with Gasteiger partial charge < -0.3 is 11.5 Å². The topological polar surface area (TPSA) is 96.0 Å². The molecule has 23 heavy (non-hydrogen) atoms. The van der Waals surface area contributed by atoms with Gasteiger partial charge in [0.15, 0.2) is 5.78 Å². The highest BCUT2D eigenvalue weighted by atomic mass is 16.2. The lowest BCUT2D eigenvalue weighted by Gasteiger charge is -2.07. The van der Waals surface area contributed by atoms with Gasteiger partial charge in [0.05, 0.1) is 5.69 Å². The van der Waals surface area contributed by atoms with Crippen LogP contribution in [-0.2, 0) is 7.05 Å². The molecule has 6 heteroatoms. The number of rotatable bonds is 8. The Morgan fingerprint density at radius 2 is 1.74 bits per heavy atom. The molecular weight excluding hydrogens is 292 g/mol. The number of carbonyl (C=O) groups excluding carboxylic acids is 1. The first-order valence-corrected chi connectivity index (χ1v) is 7.94. The first kappa shape index (κ1) is 17.0. The van der Waals surface area contributed by atoms with Crippen molar-refractivity contribution in [1.29, 1.82) is 0 Å². The molecule has 0 aliphatic carbocycles. The van der Waals surface area contributed by atoms with Gasteiger partial charge >= 0.3 is 0 Å². The lowest BCUT2D eigenvalue weighted by Crippen LogP contribution is -2.22. The van der Waals surface area contributed by atoms with Crippen LogP contribution in [0.2, 0.25) is 0 Å². The predicted octanol–water partition coefficient (Wildman–Crippen LogP) is 1.85. The lowest BCUT2D eigenvalue weighted by molar-refractivity contribution is 0.0979. The molecule has 6 nitrogen and oxygen atoms in total. The number of nitrogens with two attached hydrogens (primary N) is 2. The molecule has 0 amide bonds. The minimum absolute atomic E-state index is 0.0928. The Kier molecular flexibility index (Phi) is 5.76. The third-order valence-corrected chi connectivity index (χ3v) is 3.95. The van der Waals surface area contributed by atoms with Crippen LogP contribution in [0, 0.1) is 0 Å². The number of Topliss-reactive ketones (excluding diaryl/α,β-unsaturated/α-hetero) is 1. The summed E-state index contributed by atoms with van der Waals surface area (Å²) in [6.45, 7) is 0.668. The Balaban J connectivity index is 2.20. The normalized spacial score (nSPS) is 10.9. The van der Waals surface area contributed by atoms with Gasteiger partial charge in [0.2, 0.25) is 0 Å². The van der Waals surface area contributed by atoms with Gasteiger partial charge in [-0.05, 0) is 31.5 Å². The van der Waals surface area contributed by atoms with Crippen LogP contribution in [0.3, 0.4) is 0 Å². The zero-order valence-corrected chi connectivity index (χ0v) is 13.5. The van der Waals surface area contributed by atoms with E-state index in [2.05, 4.69) is 0 Å². The molecule has 4 N–H and O–H groups in total. The molecule has 2 aromatic rings. The summed E-state index contributed by atoms with van der Waals surface area (Å²) < 4.78 is 2.95. The van der Waals surface area contributed by atoms with E-state index >= 15 is 0 Å². The Labute approximate surface area is 135 Å². The van der Waals surface area contributed by atoms with Crippen LogP contribution in [-0.4, -0.2) is 21.7 Å². The van der Waals surface area contributed by atoms with E-state index in [9.17, 15) is 9.59 Å². The number of benzene rings is 1. The summed E-state index contributed by atoms with van der Waals surface area (Å²) in [7, 11) is 1.68. The monoisotopic (exact) mass is 316 g/mol. The first-order chi connectivity index (χ1) is 11.1. The van der Waals surface area contributed by atoms with Crippen molar-refractivity contribution in [3.05, 3.63) is 46.2 Å². The average molecular weight is 316 g/mol. The van der Waals surface area contributed by atoms with Gasteiger partial charge in [0.25, 0.3) is 5.56 Å². The maximum absolute atomic E-state index is 12.6. The molecule has 1 aromatic heterocycles. The Bertz CT molecular complexity index is 716. The van der Waals surface area contributed by atoms with E-state index in [1.807, 2.05) is 30.3 Å². The lowest BCUT2D eigenvalue weighted by atomic mass is 10.1. The molecule has 0 aliphatic heterocycles. The highest BCUT2D eigenvalue weighted by Crippen LogP contribution is 2.15. The van der Waals surface area contributed by atoms with E-state index < -0.39 is 0 Å². The van der Waals surface area contributed by atoms with Crippen LogP contribution in [0.25, 0.3) is 5.69 Å². The van der Waals surface area contributed by atoms with Gasteiger partial charge in [0, 0.05) is 13.5 Å². The zero-order valence-electron chi connectivity index (χ0n) is 13.5. The first-order valence-electron chi connectivity index (χ1n) is 7.94. The van der Waals surface area contributed by atoms with Crippen molar-refractivity contribution in [3.63, 3.8) is 0 Å². The second kappa shape index (κ2) is 7.78. The van der Waals surface area contributed by atoms with Crippen molar-refractivity contribution in [1.82, 2.24) is 9.36 Å². The van der Waals surface area contributed by atoms with E-state index in [0.29, 0.717) is 18.7 Å². The standard InChI is InChI=1S/C17H24N4O2/c1-20-16(19)15(14(22)11-7-2-3-8-12-18)17(23)21(20)13-9-5-4-6-10-13/h4-6,9-10H,2-3,7-8,11-12,18-19H2,1H3. The van der Waals surface area contributed by atoms with E-state index in [1.165, 1.54) is 9.36 Å². The minimum atomic E-state index is -0.358. The summed E-state index contributed by atoms with van der Waals surface area (Å²) in [6.07, 6.45) is 3.98. The molecule has 0 saturated carbocycles. The third-order valence-electron chi connectivity index (χ3n) is 3.95. The number of unbranched alkanes of at least 4 members (excludes halogenated alkanes) is 3. The highest BCUT2D eigenvalue weighted by molar-refractivity contribution is 5.99. The number of carbonyl (C=O) groups is 1. The molecular formula is C17H24N4O2. The van der Waals surface area contributed by atoms with Crippen LogP contribution >= 0.6 is 0 Å². The SMILES string of the molecule is Cn1c(N)c(C(=O)CCCCCCN)c(=O)n1-c1ccccc1. The van der Waals surface area contributed by atoms with Crippen LogP contribution in [0.15, 0.2) is 35.1 Å². The van der Waals surface area contributed by atoms with Crippen LogP contribution in [0.5, 0.6) is 0 Å². The maximum atomic E-state index is 12.6. The van der Waals surface area contributed by atoms with Gasteiger partial charge in [-0.15, -0.1) is 0 Å². The molecule has 0 unspecified atom stereocenters. The highest BCUT2D eigenvalue weighted by Gasteiger charge is 2.22. The number of hydrogen-bond acceptors (Lipinski definition) is 4. The number of nitrogen functional groups attached to an aromatic ring is 1. The van der Waals surface area contributed by atoms with Crippen molar-refractivity contribution in [2.24, 2.45) is 12.8 Å². The summed E-state index contributed by atoms with van der Waals surface area (Å²) in [6, 6.07) is 9.16. The van der Waals surface area contributed by atoms with E-state index in [1.54, 1.807) is 7.05 Å². The molecule has 0 saturated heterocycles. The molecule has 124 valence electrons. The van der Waals surface area contributed by atoms with Gasteiger partial charge in [-0.2, -0.15) is 0 Å². The Hall–Kier alpha value is -2.34. The van der Waals surface area contributed by atoms with E-state index in [-0.39, 0.29) is 22.7 Å². The molecule has 0 bridgehead atoms. The second-order valence-corrected chi connectivity index (χ2v) is 5.61. The summed E-state index contributed by atoms with van der Waals surface area (Å²) in [4.78, 5) is 25.0. The summed E-state index contributed by atoms with van der Waals surface area (Å²) >= 11 is 0. The van der Waals surface area contributed by atoms with E-state index in [0.717, 1.165) is 25.7 Å². The van der Waals surface area contributed by atoms with Crippen LogP contribution in [0.4, 0.5) is 5.82 Å². The maximum Gasteiger partial charge on any atom is 0.284 e. The van der Waals surface area contributed by atoms with Crippen LogP contribution < -0.4 is 17.0 Å². The number of aromatic nitrogens is 2. The van der Waals surface area contributed by atoms with Gasteiger partial charge in [-0.25, -0.2) is 4.68 Å². The fourth-order valence-corrected chi connectivity index (χ4v) is 2.65. The van der Waals surface area contributed by atoms with E-state index in [4.69, 9.17) is 11.5 Å². The smallest absolute Gasteiger partial charge is 0.284 e. The summed E-state index contributed by atoms with van der Waals surface area (Å²) in [5, 5.41) is 0. The molecule has 1 aromatic carbocycles. The molecule has 2 rings (SSSR count). The second-order valence-electron chi connectivity index (χ2n) is 5.61. The number of hydrogen-bond donors (Lipinski definition) is 2. The molecule has 0 atom stereocenters. The largest absolute Gasteiger partial charge is 0.383 e. The summed E-state index contributed by atoms with van der Waals surface area (Å²) in [5.41, 5.74) is 11.9. The number of anilines is 1. The zero-order chi connectivity index (χ0) is 16.8. The predicted molar refractivity (Wildman–Crippen MR) is 91.9 cm³/mol. The van der Waals surface area contributed by atoms with Crippen molar-refractivity contribution >= 4 is 11.6 Å². The fraction of sp³-hybridized carbons (Fsp3) is 0.412. The number of nitrogens with zero attached hydrogens (tertiary/aromatic N) is 2. The number of para-hydroxylation sites is 1. The molecule has 0 aliphatic rings. The van der Waals surface area contributed by atoms with Crippen molar-refractivity contribution < 1.29 is 4.79 Å². The molecule has 0 radical (unpaired) electrons. The van der Waals surface area contributed by atoms with Crippen molar-refractivity contribution in [2.45, 2.75) is 32.1 Å². The third kappa shape index (κ3) is 3.71. The Morgan fingerprint density at radius 1 is 1.09 bits per heavy atom. The van der Waals surface area contributed by atoms with Gasteiger partial charge in [-0.3, -0.25) is 14.3 Å². The Morgan fingerprint density at radius 3 is 2.39 bits per heavy atom. The van der Waals surface area contributed by atoms with Crippen LogP contribution in [0.1, 0.15) is 42.5 Å². The fourth-order valence-electron chi connectivity index (χ4n) is 2.65. The van der Waals surface area contributed by atoms with Gasteiger partial charge in [-0.1, -0.05) is 31.0 Å². The quantitative estimate of drug-likeness (QED) is 0.574.